The first kappa shape index (κ1) is 17.7. The van der Waals surface area contributed by atoms with E-state index in [0.717, 1.165) is 23.2 Å². The fourth-order valence-electron chi connectivity index (χ4n) is 2.79. The zero-order chi connectivity index (χ0) is 18.7. The molecular weight excluding hydrogens is 337 g/mol. The molecule has 6 heteroatoms. The maximum Gasteiger partial charge on any atom is 0.338 e. The van der Waals surface area contributed by atoms with Gasteiger partial charge >= 0.3 is 5.97 Å². The topological polar surface area (TPSA) is 61.4 Å². The number of carbonyl (C=O) groups is 2. The molecule has 0 atom stereocenters. The fraction of sp³-hybridized carbons (Fsp3) is 0.200. The summed E-state index contributed by atoms with van der Waals surface area (Å²) in [6.45, 7) is 3.84. The van der Waals surface area contributed by atoms with Crippen molar-refractivity contribution in [2.75, 3.05) is 6.61 Å². The highest BCUT2D eigenvalue weighted by atomic mass is 19.1. The van der Waals surface area contributed by atoms with E-state index in [1.165, 1.54) is 18.2 Å². The monoisotopic (exact) mass is 355 g/mol. The number of ether oxygens (including phenoxy) is 1. The third-order valence-corrected chi connectivity index (χ3v) is 4.16. The summed E-state index contributed by atoms with van der Waals surface area (Å²) in [4.78, 5) is 24.4. The third kappa shape index (κ3) is 3.74. The van der Waals surface area contributed by atoms with Crippen molar-refractivity contribution in [1.29, 1.82) is 0 Å². The van der Waals surface area contributed by atoms with Crippen molar-refractivity contribution in [2.45, 2.75) is 20.4 Å². The summed E-state index contributed by atoms with van der Waals surface area (Å²) in [5.74, 6) is -0.800. The molecule has 0 unspecified atom stereocenters. The van der Waals surface area contributed by atoms with Crippen LogP contribution in [0.2, 0.25) is 0 Å². The molecule has 26 heavy (non-hydrogen) atoms. The molecule has 2 heterocycles. The van der Waals surface area contributed by atoms with Gasteiger partial charge in [-0.3, -0.25) is 4.79 Å². The van der Waals surface area contributed by atoms with Crippen molar-refractivity contribution >= 4 is 11.8 Å². The average molecular weight is 355 g/mol. The van der Waals surface area contributed by atoms with Gasteiger partial charge in [0.05, 0.1) is 18.4 Å². The normalized spacial score (nSPS) is 10.7. The minimum Gasteiger partial charge on any atom is -0.467 e. The van der Waals surface area contributed by atoms with Crippen LogP contribution in [-0.4, -0.2) is 22.9 Å². The average Bonchev–Trinajstić information content (AvgIpc) is 3.23. The molecule has 0 spiro atoms. The van der Waals surface area contributed by atoms with Crippen molar-refractivity contribution < 1.29 is 23.1 Å². The Bertz CT molecular complexity index is 941. The molecule has 0 radical (unpaired) electrons. The van der Waals surface area contributed by atoms with E-state index in [-0.39, 0.29) is 11.3 Å². The SMILES string of the molecule is Cc1cc(C(=O)COC(=O)c2cccc(F)c2)c(C)n1Cc1ccco1. The number of carbonyl (C=O) groups excluding carboxylic acids is 2. The Kier molecular flexibility index (Phi) is 5.02. The van der Waals surface area contributed by atoms with Crippen molar-refractivity contribution in [2.24, 2.45) is 0 Å². The number of nitrogens with zero attached hydrogens (tertiary/aromatic N) is 1. The Labute approximate surface area is 150 Å². The molecule has 0 saturated heterocycles. The van der Waals surface area contributed by atoms with Gasteiger partial charge in [-0.25, -0.2) is 9.18 Å². The summed E-state index contributed by atoms with van der Waals surface area (Å²) in [6.07, 6.45) is 1.60. The quantitative estimate of drug-likeness (QED) is 0.497. The summed E-state index contributed by atoms with van der Waals surface area (Å²) in [5, 5.41) is 0. The summed E-state index contributed by atoms with van der Waals surface area (Å²) < 4.78 is 25.5. The van der Waals surface area contributed by atoms with Crippen LogP contribution in [0.3, 0.4) is 0 Å². The van der Waals surface area contributed by atoms with E-state index in [1.54, 1.807) is 18.4 Å². The van der Waals surface area contributed by atoms with Crippen LogP contribution in [0.15, 0.2) is 53.1 Å². The number of esters is 1. The maximum atomic E-state index is 13.2. The molecule has 0 aliphatic carbocycles. The Balaban J connectivity index is 1.69. The van der Waals surface area contributed by atoms with E-state index >= 15 is 0 Å². The van der Waals surface area contributed by atoms with Crippen molar-refractivity contribution in [3.63, 3.8) is 0 Å². The standard InChI is InChI=1S/C20H18FNO4/c1-13-9-18(14(2)22(13)11-17-7-4-8-25-17)19(23)12-26-20(24)15-5-3-6-16(21)10-15/h3-10H,11-12H2,1-2H3. The number of aryl methyl sites for hydroxylation is 1. The zero-order valence-corrected chi connectivity index (χ0v) is 14.5. The molecule has 0 amide bonds. The molecule has 3 aromatic rings. The lowest BCUT2D eigenvalue weighted by Crippen LogP contribution is -2.15. The number of furan rings is 1. The van der Waals surface area contributed by atoms with Gasteiger partial charge in [0, 0.05) is 17.0 Å². The number of ketones is 1. The highest BCUT2D eigenvalue weighted by molar-refractivity contribution is 6.00. The number of aromatic nitrogens is 1. The van der Waals surface area contributed by atoms with Gasteiger partial charge in [-0.05, 0) is 50.2 Å². The van der Waals surface area contributed by atoms with Gasteiger partial charge in [-0.2, -0.15) is 0 Å². The largest absolute Gasteiger partial charge is 0.467 e. The predicted molar refractivity (Wildman–Crippen MR) is 92.7 cm³/mol. The number of hydrogen-bond donors (Lipinski definition) is 0. The molecule has 0 aliphatic heterocycles. The number of benzene rings is 1. The molecule has 0 saturated carbocycles. The van der Waals surface area contributed by atoms with Gasteiger partial charge in [0.1, 0.15) is 11.6 Å². The van der Waals surface area contributed by atoms with Crippen LogP contribution >= 0.6 is 0 Å². The van der Waals surface area contributed by atoms with Crippen molar-refractivity contribution in [3.05, 3.63) is 82.8 Å². The van der Waals surface area contributed by atoms with Crippen LogP contribution < -0.4 is 0 Å². The Morgan fingerprint density at radius 3 is 2.65 bits per heavy atom. The smallest absolute Gasteiger partial charge is 0.338 e. The second-order valence-electron chi connectivity index (χ2n) is 5.96. The van der Waals surface area contributed by atoms with Crippen LogP contribution in [0.5, 0.6) is 0 Å². The zero-order valence-electron chi connectivity index (χ0n) is 14.5. The van der Waals surface area contributed by atoms with E-state index in [1.807, 2.05) is 24.5 Å². The Morgan fingerprint density at radius 2 is 1.96 bits per heavy atom. The lowest BCUT2D eigenvalue weighted by Gasteiger charge is -2.08. The van der Waals surface area contributed by atoms with E-state index in [9.17, 15) is 14.0 Å². The number of rotatable bonds is 6. The van der Waals surface area contributed by atoms with Gasteiger partial charge < -0.3 is 13.7 Å². The highest BCUT2D eigenvalue weighted by Gasteiger charge is 2.18. The second kappa shape index (κ2) is 7.39. The van der Waals surface area contributed by atoms with Crippen LogP contribution in [0, 0.1) is 19.7 Å². The molecule has 5 nitrogen and oxygen atoms in total. The first-order chi connectivity index (χ1) is 12.5. The number of Topliss-reactive ketones (excluding diaryl/α,β-unsaturated/α-hetero) is 1. The van der Waals surface area contributed by atoms with E-state index < -0.39 is 18.4 Å². The second-order valence-corrected chi connectivity index (χ2v) is 5.96. The van der Waals surface area contributed by atoms with Gasteiger partial charge in [0.25, 0.3) is 0 Å². The summed E-state index contributed by atoms with van der Waals surface area (Å²) >= 11 is 0. The summed E-state index contributed by atoms with van der Waals surface area (Å²) in [6, 6.07) is 10.6. The summed E-state index contributed by atoms with van der Waals surface area (Å²) in [7, 11) is 0. The highest BCUT2D eigenvalue weighted by Crippen LogP contribution is 2.18. The predicted octanol–water partition coefficient (Wildman–Crippen LogP) is 3.93. The number of hydrogen-bond acceptors (Lipinski definition) is 4. The fourth-order valence-corrected chi connectivity index (χ4v) is 2.79. The number of halogens is 1. The van der Waals surface area contributed by atoms with E-state index in [4.69, 9.17) is 9.15 Å². The minimum atomic E-state index is -0.734. The molecular formula is C20H18FNO4. The van der Waals surface area contributed by atoms with Gasteiger partial charge in [-0.15, -0.1) is 0 Å². The lowest BCUT2D eigenvalue weighted by atomic mass is 10.1. The van der Waals surface area contributed by atoms with Crippen molar-refractivity contribution in [3.8, 4) is 0 Å². The van der Waals surface area contributed by atoms with Gasteiger partial charge in [0.2, 0.25) is 5.78 Å². The first-order valence-electron chi connectivity index (χ1n) is 8.10. The van der Waals surface area contributed by atoms with Crippen LogP contribution in [0.4, 0.5) is 4.39 Å². The molecule has 134 valence electrons. The van der Waals surface area contributed by atoms with Crippen LogP contribution in [-0.2, 0) is 11.3 Å². The Morgan fingerprint density at radius 1 is 1.15 bits per heavy atom. The molecule has 2 aromatic heterocycles. The van der Waals surface area contributed by atoms with Crippen molar-refractivity contribution in [1.82, 2.24) is 4.57 Å². The molecule has 1 aromatic carbocycles. The molecule has 3 rings (SSSR count). The van der Waals surface area contributed by atoms with Gasteiger partial charge in [-0.1, -0.05) is 6.07 Å². The van der Waals surface area contributed by atoms with Gasteiger partial charge in [0.15, 0.2) is 6.61 Å². The van der Waals surface area contributed by atoms with Crippen LogP contribution in [0.25, 0.3) is 0 Å². The molecule has 0 N–H and O–H groups in total. The minimum absolute atomic E-state index is 0.0705. The molecule has 0 fully saturated rings. The lowest BCUT2D eigenvalue weighted by molar-refractivity contribution is 0.0474. The summed E-state index contributed by atoms with van der Waals surface area (Å²) in [5.41, 5.74) is 2.23. The maximum absolute atomic E-state index is 13.2. The molecule has 0 aliphatic rings. The first-order valence-corrected chi connectivity index (χ1v) is 8.10. The van der Waals surface area contributed by atoms with E-state index in [2.05, 4.69) is 0 Å². The third-order valence-electron chi connectivity index (χ3n) is 4.16. The van der Waals surface area contributed by atoms with E-state index in [0.29, 0.717) is 12.1 Å². The van der Waals surface area contributed by atoms with Crippen LogP contribution in [0.1, 0.15) is 37.9 Å². The Hall–Kier alpha value is -3.15. The molecule has 0 bridgehead atoms.